The van der Waals surface area contributed by atoms with Crippen LogP contribution in [0, 0.1) is 0 Å². The molecule has 1 saturated heterocycles. The fraction of sp³-hybridized carbons (Fsp3) is 1.00. The van der Waals surface area contributed by atoms with E-state index in [-0.39, 0.29) is 36.7 Å². The van der Waals surface area contributed by atoms with Crippen molar-refractivity contribution in [2.45, 2.75) is 38.3 Å². The topological polar surface area (TPSA) is 58.2 Å². The Labute approximate surface area is 103 Å². The number of hydrogen-bond acceptors (Lipinski definition) is 3. The lowest BCUT2D eigenvalue weighted by atomic mass is 10.0. The van der Waals surface area contributed by atoms with Crippen LogP contribution in [-0.2, 0) is 10.0 Å². The van der Waals surface area contributed by atoms with Crippen LogP contribution < -0.4 is 10.0 Å². The van der Waals surface area contributed by atoms with Gasteiger partial charge in [0.2, 0.25) is 10.0 Å². The molecule has 0 aliphatic carbocycles. The maximum atomic E-state index is 11.9. The van der Waals surface area contributed by atoms with Crippen LogP contribution in [0.2, 0.25) is 0 Å². The second kappa shape index (κ2) is 7.42. The minimum Gasteiger partial charge on any atom is -0.313 e. The molecule has 7 heteroatoms. The van der Waals surface area contributed by atoms with E-state index < -0.39 is 16.7 Å². The first-order chi connectivity index (χ1) is 7.05. The zero-order valence-electron chi connectivity index (χ0n) is 9.41. The van der Waals surface area contributed by atoms with Gasteiger partial charge >= 0.3 is 0 Å². The van der Waals surface area contributed by atoms with E-state index in [9.17, 15) is 12.8 Å². The van der Waals surface area contributed by atoms with Crippen molar-refractivity contribution in [2.75, 3.05) is 19.0 Å². The van der Waals surface area contributed by atoms with E-state index in [0.717, 1.165) is 19.4 Å². The first kappa shape index (κ1) is 16.1. The van der Waals surface area contributed by atoms with Crippen LogP contribution in [0.15, 0.2) is 0 Å². The van der Waals surface area contributed by atoms with E-state index >= 15 is 0 Å². The Kier molecular flexibility index (Phi) is 7.46. The summed E-state index contributed by atoms with van der Waals surface area (Å²) in [7, 11) is -3.31. The lowest BCUT2D eigenvalue weighted by Gasteiger charge is -2.30. The molecule has 98 valence electrons. The highest BCUT2D eigenvalue weighted by molar-refractivity contribution is 7.89. The highest BCUT2D eigenvalue weighted by Gasteiger charge is 2.24. The summed E-state index contributed by atoms with van der Waals surface area (Å²) in [6, 6.07) is 0.0993. The van der Waals surface area contributed by atoms with Gasteiger partial charge in [0, 0.05) is 12.1 Å². The number of hydrogen-bond donors (Lipinski definition) is 2. The molecule has 0 aromatic rings. The molecule has 2 unspecified atom stereocenters. The summed E-state index contributed by atoms with van der Waals surface area (Å²) < 4.78 is 37.5. The molecular formula is C9H20ClFN2O2S. The summed E-state index contributed by atoms with van der Waals surface area (Å²) in [5, 5.41) is 3.21. The molecule has 2 N–H and O–H groups in total. The molecule has 0 aromatic carbocycles. The Balaban J connectivity index is 0.00000225. The SMILES string of the molecule is CC1NCCCC1NS(=O)(=O)CCCF.Cl. The minimum atomic E-state index is -3.31. The zero-order chi connectivity index (χ0) is 11.3. The Morgan fingerprint density at radius 1 is 1.50 bits per heavy atom. The number of sulfonamides is 1. The van der Waals surface area contributed by atoms with E-state index in [4.69, 9.17) is 0 Å². The van der Waals surface area contributed by atoms with Crippen molar-refractivity contribution in [1.82, 2.24) is 10.0 Å². The Hall–Kier alpha value is 0.0900. The van der Waals surface area contributed by atoms with Crippen molar-refractivity contribution in [3.05, 3.63) is 0 Å². The largest absolute Gasteiger partial charge is 0.313 e. The molecule has 0 saturated carbocycles. The number of alkyl halides is 1. The zero-order valence-corrected chi connectivity index (χ0v) is 11.0. The first-order valence-electron chi connectivity index (χ1n) is 5.34. The van der Waals surface area contributed by atoms with Crippen LogP contribution in [-0.4, -0.2) is 39.5 Å². The van der Waals surface area contributed by atoms with Gasteiger partial charge < -0.3 is 5.32 Å². The van der Waals surface area contributed by atoms with Gasteiger partial charge in [-0.25, -0.2) is 13.1 Å². The molecule has 0 radical (unpaired) electrons. The summed E-state index contributed by atoms with van der Waals surface area (Å²) >= 11 is 0. The van der Waals surface area contributed by atoms with Crippen LogP contribution in [0.5, 0.6) is 0 Å². The van der Waals surface area contributed by atoms with Crippen molar-refractivity contribution in [3.63, 3.8) is 0 Å². The molecule has 0 aromatic heterocycles. The van der Waals surface area contributed by atoms with E-state index in [0.29, 0.717) is 0 Å². The van der Waals surface area contributed by atoms with Gasteiger partial charge in [-0.2, -0.15) is 0 Å². The second-order valence-corrected chi connectivity index (χ2v) is 5.84. The number of halogens is 2. The molecular weight excluding hydrogens is 255 g/mol. The van der Waals surface area contributed by atoms with Crippen molar-refractivity contribution in [1.29, 1.82) is 0 Å². The molecule has 0 amide bonds. The van der Waals surface area contributed by atoms with Crippen LogP contribution >= 0.6 is 12.4 Å². The maximum absolute atomic E-state index is 11.9. The standard InChI is InChI=1S/C9H19FN2O2S.ClH/c1-8-9(4-2-6-11-8)12-15(13,14)7-3-5-10;/h8-9,11-12H,2-7H2,1H3;1H. The van der Waals surface area contributed by atoms with Crippen LogP contribution in [0.4, 0.5) is 4.39 Å². The van der Waals surface area contributed by atoms with Crippen LogP contribution in [0.25, 0.3) is 0 Å². The van der Waals surface area contributed by atoms with Gasteiger partial charge in [0.05, 0.1) is 12.4 Å². The molecule has 1 fully saturated rings. The summed E-state index contributed by atoms with van der Waals surface area (Å²) in [5.41, 5.74) is 0. The van der Waals surface area contributed by atoms with Gasteiger partial charge in [0.15, 0.2) is 0 Å². The molecule has 0 bridgehead atoms. The average Bonchev–Trinajstić information content (AvgIpc) is 2.18. The van der Waals surface area contributed by atoms with E-state index in [2.05, 4.69) is 10.0 Å². The number of nitrogens with one attached hydrogen (secondary N) is 2. The molecule has 1 aliphatic heterocycles. The van der Waals surface area contributed by atoms with Gasteiger partial charge in [-0.05, 0) is 32.7 Å². The highest BCUT2D eigenvalue weighted by Crippen LogP contribution is 2.09. The normalized spacial score (nSPS) is 26.1. The Morgan fingerprint density at radius 2 is 2.19 bits per heavy atom. The van der Waals surface area contributed by atoms with E-state index in [1.165, 1.54) is 0 Å². The summed E-state index contributed by atoms with van der Waals surface area (Å²) in [6.07, 6.45) is 1.90. The minimum absolute atomic E-state index is 0. The molecule has 1 aliphatic rings. The molecule has 1 rings (SSSR count). The van der Waals surface area contributed by atoms with Crippen molar-refractivity contribution in [2.24, 2.45) is 0 Å². The second-order valence-electron chi connectivity index (χ2n) is 3.97. The predicted molar refractivity (Wildman–Crippen MR) is 65.2 cm³/mol. The molecule has 4 nitrogen and oxygen atoms in total. The summed E-state index contributed by atoms with van der Waals surface area (Å²) in [5.74, 6) is -0.118. The van der Waals surface area contributed by atoms with Crippen molar-refractivity contribution in [3.8, 4) is 0 Å². The lowest BCUT2D eigenvalue weighted by Crippen LogP contribution is -2.52. The summed E-state index contributed by atoms with van der Waals surface area (Å²) in [4.78, 5) is 0. The third-order valence-electron chi connectivity index (χ3n) is 2.64. The van der Waals surface area contributed by atoms with Crippen LogP contribution in [0.1, 0.15) is 26.2 Å². The average molecular weight is 275 g/mol. The van der Waals surface area contributed by atoms with Crippen LogP contribution in [0.3, 0.4) is 0 Å². The quantitative estimate of drug-likeness (QED) is 0.781. The molecule has 16 heavy (non-hydrogen) atoms. The predicted octanol–water partition coefficient (Wildman–Crippen LogP) is 0.828. The number of piperidine rings is 1. The maximum Gasteiger partial charge on any atom is 0.211 e. The fourth-order valence-electron chi connectivity index (χ4n) is 1.74. The summed E-state index contributed by atoms with van der Waals surface area (Å²) in [6.45, 7) is 2.31. The fourth-order valence-corrected chi connectivity index (χ4v) is 3.13. The van der Waals surface area contributed by atoms with Crippen molar-refractivity contribution >= 4 is 22.4 Å². The molecule has 2 atom stereocenters. The van der Waals surface area contributed by atoms with E-state index in [1.807, 2.05) is 6.92 Å². The smallest absolute Gasteiger partial charge is 0.211 e. The molecule has 0 spiro atoms. The number of rotatable bonds is 5. The third-order valence-corrected chi connectivity index (χ3v) is 4.13. The monoisotopic (exact) mass is 274 g/mol. The van der Waals surface area contributed by atoms with Gasteiger partial charge in [0.1, 0.15) is 0 Å². The van der Waals surface area contributed by atoms with E-state index in [1.54, 1.807) is 0 Å². The van der Waals surface area contributed by atoms with Crippen molar-refractivity contribution < 1.29 is 12.8 Å². The lowest BCUT2D eigenvalue weighted by molar-refractivity contribution is 0.348. The first-order valence-corrected chi connectivity index (χ1v) is 7.00. The van der Waals surface area contributed by atoms with Gasteiger partial charge in [-0.15, -0.1) is 12.4 Å². The Morgan fingerprint density at radius 3 is 2.75 bits per heavy atom. The molecule has 1 heterocycles. The highest BCUT2D eigenvalue weighted by atomic mass is 35.5. The van der Waals surface area contributed by atoms with Gasteiger partial charge in [0.25, 0.3) is 0 Å². The third kappa shape index (κ3) is 5.43. The van der Waals surface area contributed by atoms with Gasteiger partial charge in [-0.1, -0.05) is 0 Å². The Bertz CT molecular complexity index is 287. The van der Waals surface area contributed by atoms with Gasteiger partial charge in [-0.3, -0.25) is 4.39 Å².